The van der Waals surface area contributed by atoms with Crippen LogP contribution in [0.1, 0.15) is 19.2 Å². The van der Waals surface area contributed by atoms with E-state index in [0.717, 1.165) is 43.7 Å². The van der Waals surface area contributed by atoms with E-state index in [1.54, 1.807) is 10.9 Å². The number of hydrogen-bond acceptors (Lipinski definition) is 5. The standard InChI is InChI=1S/C16H23ClN8.HI/c1-3-18-16(20-9-14-21-11-22-24(14)2)23-12-6-8-25(10-12)15-13(17)5-4-7-19-15;/h4-5,7,11-12H,3,6,8-10H2,1-2H3,(H2,18,20,23);1H. The highest BCUT2D eigenvalue weighted by molar-refractivity contribution is 14.0. The zero-order valence-electron chi connectivity index (χ0n) is 14.9. The van der Waals surface area contributed by atoms with Crippen LogP contribution in [0.2, 0.25) is 5.02 Å². The second-order valence-electron chi connectivity index (χ2n) is 5.88. The van der Waals surface area contributed by atoms with Gasteiger partial charge in [-0.25, -0.2) is 15.0 Å². The van der Waals surface area contributed by atoms with E-state index in [4.69, 9.17) is 11.6 Å². The molecule has 0 aliphatic carbocycles. The summed E-state index contributed by atoms with van der Waals surface area (Å²) in [4.78, 5) is 15.4. The maximum atomic E-state index is 6.25. The van der Waals surface area contributed by atoms with Crippen LogP contribution in [-0.2, 0) is 13.6 Å². The highest BCUT2D eigenvalue weighted by atomic mass is 127. The number of nitrogens with one attached hydrogen (secondary N) is 2. The number of guanidine groups is 1. The Morgan fingerprint density at radius 2 is 2.27 bits per heavy atom. The number of pyridine rings is 1. The van der Waals surface area contributed by atoms with Crippen molar-refractivity contribution < 1.29 is 0 Å². The average molecular weight is 491 g/mol. The lowest BCUT2D eigenvalue weighted by Gasteiger charge is -2.20. The molecular formula is C16H24ClIN8. The second kappa shape index (κ2) is 9.91. The van der Waals surface area contributed by atoms with Crippen LogP contribution in [0.15, 0.2) is 29.6 Å². The molecule has 2 aromatic heterocycles. The minimum absolute atomic E-state index is 0. The van der Waals surface area contributed by atoms with E-state index in [9.17, 15) is 0 Å². The van der Waals surface area contributed by atoms with E-state index in [0.29, 0.717) is 11.6 Å². The number of aliphatic imine (C=N–C) groups is 1. The molecule has 1 aliphatic heterocycles. The van der Waals surface area contributed by atoms with Gasteiger partial charge in [-0.1, -0.05) is 11.6 Å². The van der Waals surface area contributed by atoms with Gasteiger partial charge in [-0.15, -0.1) is 24.0 Å². The van der Waals surface area contributed by atoms with Crippen molar-refractivity contribution in [2.45, 2.75) is 25.9 Å². The molecule has 1 aliphatic rings. The van der Waals surface area contributed by atoms with Gasteiger partial charge in [0.25, 0.3) is 0 Å². The van der Waals surface area contributed by atoms with E-state index in [1.807, 2.05) is 26.1 Å². The molecule has 3 rings (SSSR count). The van der Waals surface area contributed by atoms with Gasteiger partial charge in [-0.05, 0) is 25.5 Å². The predicted octanol–water partition coefficient (Wildman–Crippen LogP) is 1.82. The molecule has 3 heterocycles. The third-order valence-corrected chi connectivity index (χ3v) is 4.39. The Kier molecular flexibility index (Phi) is 7.88. The lowest BCUT2D eigenvalue weighted by Crippen LogP contribution is -2.44. The quantitative estimate of drug-likeness (QED) is 0.378. The average Bonchev–Trinajstić information content (AvgIpc) is 3.22. The summed E-state index contributed by atoms with van der Waals surface area (Å²) in [6.07, 6.45) is 4.31. The van der Waals surface area contributed by atoms with Crippen molar-refractivity contribution in [2.75, 3.05) is 24.5 Å². The summed E-state index contributed by atoms with van der Waals surface area (Å²) in [5.74, 6) is 2.45. The highest BCUT2D eigenvalue weighted by Gasteiger charge is 2.25. The summed E-state index contributed by atoms with van der Waals surface area (Å²) in [6, 6.07) is 4.01. The number of rotatable bonds is 5. The molecule has 10 heteroatoms. The zero-order chi connectivity index (χ0) is 17.6. The summed E-state index contributed by atoms with van der Waals surface area (Å²) in [7, 11) is 1.86. The summed E-state index contributed by atoms with van der Waals surface area (Å²) < 4.78 is 1.73. The van der Waals surface area contributed by atoms with Gasteiger partial charge in [0.15, 0.2) is 5.96 Å². The number of halogens is 2. The Morgan fingerprint density at radius 3 is 2.96 bits per heavy atom. The molecule has 0 bridgehead atoms. The lowest BCUT2D eigenvalue weighted by atomic mass is 10.3. The molecular weight excluding hydrogens is 467 g/mol. The van der Waals surface area contributed by atoms with Gasteiger partial charge in [0.05, 0.1) is 5.02 Å². The first-order chi connectivity index (χ1) is 12.2. The maximum absolute atomic E-state index is 6.25. The predicted molar refractivity (Wildman–Crippen MR) is 114 cm³/mol. The van der Waals surface area contributed by atoms with Crippen molar-refractivity contribution in [1.29, 1.82) is 0 Å². The summed E-state index contributed by atoms with van der Waals surface area (Å²) in [6.45, 7) is 5.08. The van der Waals surface area contributed by atoms with E-state index >= 15 is 0 Å². The zero-order valence-corrected chi connectivity index (χ0v) is 18.0. The van der Waals surface area contributed by atoms with Crippen LogP contribution in [0.5, 0.6) is 0 Å². The summed E-state index contributed by atoms with van der Waals surface area (Å²) in [5.41, 5.74) is 0. The number of aromatic nitrogens is 4. The van der Waals surface area contributed by atoms with Crippen molar-refractivity contribution in [1.82, 2.24) is 30.4 Å². The fourth-order valence-corrected chi connectivity index (χ4v) is 3.05. The first-order valence-electron chi connectivity index (χ1n) is 8.40. The SMILES string of the molecule is CCNC(=NCc1ncnn1C)NC1CCN(c2ncccc2Cl)C1.I. The smallest absolute Gasteiger partial charge is 0.191 e. The fourth-order valence-electron chi connectivity index (χ4n) is 2.81. The van der Waals surface area contributed by atoms with Crippen LogP contribution in [0.25, 0.3) is 0 Å². The Bertz CT molecular complexity index is 735. The summed E-state index contributed by atoms with van der Waals surface area (Å²) >= 11 is 6.25. The molecule has 0 spiro atoms. The maximum Gasteiger partial charge on any atom is 0.191 e. The Morgan fingerprint density at radius 1 is 1.42 bits per heavy atom. The van der Waals surface area contributed by atoms with Gasteiger partial charge in [0, 0.05) is 38.9 Å². The monoisotopic (exact) mass is 490 g/mol. The molecule has 0 saturated carbocycles. The van der Waals surface area contributed by atoms with Crippen molar-refractivity contribution in [2.24, 2.45) is 12.0 Å². The number of aryl methyl sites for hydroxylation is 1. The van der Waals surface area contributed by atoms with E-state index in [2.05, 4.69) is 35.6 Å². The molecule has 0 amide bonds. The van der Waals surface area contributed by atoms with Crippen LogP contribution >= 0.6 is 35.6 Å². The number of hydrogen-bond donors (Lipinski definition) is 2. The van der Waals surface area contributed by atoms with Crippen molar-refractivity contribution in [3.05, 3.63) is 35.5 Å². The first kappa shape index (κ1) is 20.7. The van der Waals surface area contributed by atoms with Crippen LogP contribution in [0, 0.1) is 0 Å². The Labute approximate surface area is 175 Å². The molecule has 1 atom stereocenters. The summed E-state index contributed by atoms with van der Waals surface area (Å²) in [5, 5.41) is 11.5. The third-order valence-electron chi connectivity index (χ3n) is 4.10. The van der Waals surface area contributed by atoms with Gasteiger partial charge in [-0.3, -0.25) is 4.68 Å². The second-order valence-corrected chi connectivity index (χ2v) is 6.29. The highest BCUT2D eigenvalue weighted by Crippen LogP contribution is 2.25. The molecule has 0 radical (unpaired) electrons. The molecule has 1 fully saturated rings. The number of nitrogens with zero attached hydrogens (tertiary/aromatic N) is 6. The van der Waals surface area contributed by atoms with Gasteiger partial charge in [-0.2, -0.15) is 5.10 Å². The van der Waals surface area contributed by atoms with Crippen molar-refractivity contribution in [3.63, 3.8) is 0 Å². The van der Waals surface area contributed by atoms with E-state index in [1.165, 1.54) is 6.33 Å². The minimum atomic E-state index is 0. The van der Waals surface area contributed by atoms with Gasteiger partial charge >= 0.3 is 0 Å². The Balaban J connectivity index is 0.00000243. The van der Waals surface area contributed by atoms with Crippen molar-refractivity contribution >= 4 is 47.4 Å². The lowest BCUT2D eigenvalue weighted by molar-refractivity contribution is 0.644. The fraction of sp³-hybridized carbons (Fsp3) is 0.500. The molecule has 1 saturated heterocycles. The van der Waals surface area contributed by atoms with E-state index in [-0.39, 0.29) is 30.0 Å². The minimum Gasteiger partial charge on any atom is -0.357 e. The molecule has 1 unspecified atom stereocenters. The molecule has 2 aromatic rings. The largest absolute Gasteiger partial charge is 0.357 e. The van der Waals surface area contributed by atoms with Crippen LogP contribution in [0.3, 0.4) is 0 Å². The Hall–Kier alpha value is -1.62. The van der Waals surface area contributed by atoms with Crippen molar-refractivity contribution in [3.8, 4) is 0 Å². The molecule has 142 valence electrons. The molecule has 8 nitrogen and oxygen atoms in total. The van der Waals surface area contributed by atoms with Crippen LogP contribution in [0.4, 0.5) is 5.82 Å². The van der Waals surface area contributed by atoms with Gasteiger partial charge in [0.2, 0.25) is 0 Å². The topological polar surface area (TPSA) is 83.3 Å². The van der Waals surface area contributed by atoms with Crippen LogP contribution < -0.4 is 15.5 Å². The number of anilines is 1. The molecule has 26 heavy (non-hydrogen) atoms. The van der Waals surface area contributed by atoms with E-state index < -0.39 is 0 Å². The first-order valence-corrected chi connectivity index (χ1v) is 8.78. The molecule has 2 N–H and O–H groups in total. The normalized spacial score (nSPS) is 17.1. The van der Waals surface area contributed by atoms with Gasteiger partial charge < -0.3 is 15.5 Å². The van der Waals surface area contributed by atoms with Gasteiger partial charge in [0.1, 0.15) is 24.5 Å². The van der Waals surface area contributed by atoms with Crippen LogP contribution in [-0.4, -0.2) is 51.4 Å². The third kappa shape index (κ3) is 5.19. The molecule has 0 aromatic carbocycles.